The Morgan fingerprint density at radius 1 is 1.15 bits per heavy atom. The third-order valence-electron chi connectivity index (χ3n) is 4.01. The molecule has 144 valence electrons. The van der Waals surface area contributed by atoms with E-state index < -0.39 is 11.9 Å². The van der Waals surface area contributed by atoms with E-state index in [1.807, 2.05) is 59.7 Å². The highest BCUT2D eigenvalue weighted by Gasteiger charge is 2.15. The van der Waals surface area contributed by atoms with E-state index >= 15 is 0 Å². The molecule has 0 fully saturated rings. The molecule has 0 aliphatic rings. The molecule has 7 heteroatoms. The van der Waals surface area contributed by atoms with E-state index in [-0.39, 0.29) is 12.5 Å². The van der Waals surface area contributed by atoms with Gasteiger partial charge in [0, 0.05) is 17.9 Å². The van der Waals surface area contributed by atoms with Gasteiger partial charge < -0.3 is 21.7 Å². The topological polar surface area (TPSA) is 101 Å². The second-order valence-corrected chi connectivity index (χ2v) is 7.22. The van der Waals surface area contributed by atoms with Crippen LogP contribution in [0.5, 0.6) is 0 Å². The number of nitrogens with one attached hydrogen (secondary N) is 1. The van der Waals surface area contributed by atoms with Crippen LogP contribution < -0.4 is 21.7 Å². The minimum Gasteiger partial charge on any atom is -0.368 e. The summed E-state index contributed by atoms with van der Waals surface area (Å²) in [5.74, 6) is 0.197. The van der Waals surface area contributed by atoms with Crippen LogP contribution in [0.15, 0.2) is 54.6 Å². The van der Waals surface area contributed by atoms with Gasteiger partial charge >= 0.3 is 0 Å². The van der Waals surface area contributed by atoms with Crippen molar-refractivity contribution in [3.8, 4) is 0 Å². The van der Waals surface area contributed by atoms with Gasteiger partial charge in [-0.2, -0.15) is 11.8 Å². The number of hydrogen-bond donors (Lipinski definition) is 3. The third-order valence-corrected chi connectivity index (χ3v) is 4.66. The summed E-state index contributed by atoms with van der Waals surface area (Å²) in [6.45, 7) is 0.619. The third kappa shape index (κ3) is 6.96. The van der Waals surface area contributed by atoms with Crippen LogP contribution in [0.4, 0.5) is 11.4 Å². The maximum atomic E-state index is 12.2. The van der Waals surface area contributed by atoms with Crippen molar-refractivity contribution in [1.82, 2.24) is 0 Å². The van der Waals surface area contributed by atoms with E-state index in [4.69, 9.17) is 11.5 Å². The Morgan fingerprint density at radius 2 is 1.89 bits per heavy atom. The fourth-order valence-corrected chi connectivity index (χ4v) is 3.11. The molecule has 1 atom stereocenters. The van der Waals surface area contributed by atoms with E-state index in [1.54, 1.807) is 17.8 Å². The molecule has 0 spiro atoms. The van der Waals surface area contributed by atoms with Crippen LogP contribution in [0.25, 0.3) is 0 Å². The van der Waals surface area contributed by atoms with Crippen LogP contribution in [-0.2, 0) is 16.1 Å². The van der Waals surface area contributed by atoms with Crippen molar-refractivity contribution < 1.29 is 9.59 Å². The smallest absolute Gasteiger partial charge is 0.241 e. The molecule has 0 heterocycles. The number of carbonyl (C=O) groups excluding carboxylic acids is 2. The quantitative estimate of drug-likeness (QED) is 0.581. The van der Waals surface area contributed by atoms with Crippen molar-refractivity contribution in [2.24, 2.45) is 11.5 Å². The molecule has 6 nitrogen and oxygen atoms in total. The molecule has 2 amide bonds. The first kappa shape index (κ1) is 20.8. The fourth-order valence-electron chi connectivity index (χ4n) is 2.62. The number of benzene rings is 2. The largest absolute Gasteiger partial charge is 0.368 e. The van der Waals surface area contributed by atoms with Gasteiger partial charge in [0.2, 0.25) is 11.8 Å². The summed E-state index contributed by atoms with van der Waals surface area (Å²) in [7, 11) is 0. The minimum atomic E-state index is -0.549. The lowest BCUT2D eigenvalue weighted by Crippen LogP contribution is -2.36. The van der Waals surface area contributed by atoms with Crippen LogP contribution in [0, 0.1) is 0 Å². The Bertz CT molecular complexity index is 755. The van der Waals surface area contributed by atoms with Crippen LogP contribution in [0.3, 0.4) is 0 Å². The van der Waals surface area contributed by atoms with Crippen molar-refractivity contribution in [3.05, 3.63) is 60.2 Å². The van der Waals surface area contributed by atoms with E-state index in [9.17, 15) is 9.59 Å². The molecule has 0 bridgehead atoms. The van der Waals surface area contributed by atoms with Crippen LogP contribution in [0.2, 0.25) is 0 Å². The van der Waals surface area contributed by atoms with Crippen molar-refractivity contribution in [2.45, 2.75) is 19.0 Å². The molecule has 0 aliphatic heterocycles. The lowest BCUT2D eigenvalue weighted by Gasteiger charge is -2.24. The van der Waals surface area contributed by atoms with E-state index in [0.29, 0.717) is 18.7 Å². The second-order valence-electron chi connectivity index (χ2n) is 6.24. The average Bonchev–Trinajstić information content (AvgIpc) is 2.66. The van der Waals surface area contributed by atoms with Gasteiger partial charge in [0.15, 0.2) is 0 Å². The number of anilines is 2. The Balaban J connectivity index is 2.13. The zero-order chi connectivity index (χ0) is 19.6. The van der Waals surface area contributed by atoms with Gasteiger partial charge in [-0.3, -0.25) is 9.59 Å². The molecule has 0 saturated carbocycles. The maximum absolute atomic E-state index is 12.2. The number of primary amides is 1. The molecule has 2 aromatic rings. The minimum absolute atomic E-state index is 0.0829. The summed E-state index contributed by atoms with van der Waals surface area (Å²) >= 11 is 1.66. The zero-order valence-corrected chi connectivity index (χ0v) is 16.2. The molecule has 0 aromatic heterocycles. The van der Waals surface area contributed by atoms with Crippen LogP contribution in [0.1, 0.15) is 12.0 Å². The Kier molecular flexibility index (Phi) is 8.16. The monoisotopic (exact) mass is 386 g/mol. The van der Waals surface area contributed by atoms with Crippen molar-refractivity contribution >= 4 is 35.0 Å². The summed E-state index contributed by atoms with van der Waals surface area (Å²) in [5.41, 5.74) is 13.8. The highest BCUT2D eigenvalue weighted by Crippen LogP contribution is 2.21. The van der Waals surface area contributed by atoms with Crippen molar-refractivity contribution in [2.75, 3.05) is 28.8 Å². The number of nitrogens with zero attached hydrogens (tertiary/aromatic N) is 1. The number of amides is 2. The summed E-state index contributed by atoms with van der Waals surface area (Å²) < 4.78 is 0. The SMILES string of the molecule is CSCC[C@H](N)C(=O)Nc1cccc(N(CC(N)=O)Cc2ccccc2)c1. The first-order chi connectivity index (χ1) is 13.0. The van der Waals surface area contributed by atoms with Gasteiger partial charge in [-0.1, -0.05) is 36.4 Å². The fraction of sp³-hybridized carbons (Fsp3) is 0.300. The summed E-state index contributed by atoms with van der Waals surface area (Å²) in [6.07, 6.45) is 2.60. The van der Waals surface area contributed by atoms with Crippen molar-refractivity contribution in [3.63, 3.8) is 0 Å². The van der Waals surface area contributed by atoms with E-state index in [2.05, 4.69) is 5.32 Å². The molecule has 0 unspecified atom stereocenters. The molecule has 0 radical (unpaired) electrons. The molecule has 2 rings (SSSR count). The number of hydrogen-bond acceptors (Lipinski definition) is 5. The molecular formula is C20H26N4O2S. The summed E-state index contributed by atoms with van der Waals surface area (Å²) in [4.78, 5) is 25.6. The Labute approximate surface area is 164 Å². The first-order valence-electron chi connectivity index (χ1n) is 8.72. The van der Waals surface area contributed by atoms with E-state index in [0.717, 1.165) is 17.0 Å². The molecule has 2 aromatic carbocycles. The highest BCUT2D eigenvalue weighted by molar-refractivity contribution is 7.98. The summed E-state index contributed by atoms with van der Waals surface area (Å²) in [6, 6.07) is 16.6. The normalized spacial score (nSPS) is 11.6. The number of rotatable bonds is 10. The second kappa shape index (κ2) is 10.6. The van der Waals surface area contributed by atoms with Gasteiger partial charge in [-0.05, 0) is 42.2 Å². The highest BCUT2D eigenvalue weighted by atomic mass is 32.2. The summed E-state index contributed by atoms with van der Waals surface area (Å²) in [5, 5.41) is 2.85. The average molecular weight is 387 g/mol. The van der Waals surface area contributed by atoms with Crippen LogP contribution in [-0.4, -0.2) is 36.4 Å². The Hall–Kier alpha value is -2.51. The van der Waals surface area contributed by atoms with Gasteiger partial charge in [0.25, 0.3) is 0 Å². The predicted molar refractivity (Wildman–Crippen MR) is 113 cm³/mol. The molecule has 5 N–H and O–H groups in total. The molecular weight excluding hydrogens is 360 g/mol. The lowest BCUT2D eigenvalue weighted by atomic mass is 10.1. The van der Waals surface area contributed by atoms with Crippen molar-refractivity contribution in [1.29, 1.82) is 0 Å². The molecule has 27 heavy (non-hydrogen) atoms. The number of nitrogens with two attached hydrogens (primary N) is 2. The number of carbonyl (C=O) groups is 2. The molecule has 0 saturated heterocycles. The van der Waals surface area contributed by atoms with E-state index in [1.165, 1.54) is 0 Å². The Morgan fingerprint density at radius 3 is 2.56 bits per heavy atom. The van der Waals surface area contributed by atoms with Crippen LogP contribution >= 0.6 is 11.8 Å². The van der Waals surface area contributed by atoms with Gasteiger partial charge in [0.05, 0.1) is 12.6 Å². The molecule has 0 aliphatic carbocycles. The van der Waals surface area contributed by atoms with Gasteiger partial charge in [-0.25, -0.2) is 0 Å². The number of thioether (sulfide) groups is 1. The maximum Gasteiger partial charge on any atom is 0.241 e. The van der Waals surface area contributed by atoms with Gasteiger partial charge in [-0.15, -0.1) is 0 Å². The van der Waals surface area contributed by atoms with Gasteiger partial charge in [0.1, 0.15) is 0 Å². The first-order valence-corrected chi connectivity index (χ1v) is 10.1. The predicted octanol–water partition coefficient (Wildman–Crippen LogP) is 2.20. The lowest BCUT2D eigenvalue weighted by molar-refractivity contribution is -0.118. The zero-order valence-electron chi connectivity index (χ0n) is 15.4. The standard InChI is InChI=1S/C20H26N4O2S/c1-27-11-10-18(21)20(26)23-16-8-5-9-17(12-16)24(14-19(22)25)13-15-6-3-2-4-7-15/h2-9,12,18H,10-11,13-14,21H2,1H3,(H2,22,25)(H,23,26)/t18-/m0/s1.